The molecule has 1 rings (SSSR count). The maximum Gasteiger partial charge on any atom is 0.126 e. The number of hydrogen-bond acceptors (Lipinski definition) is 5. The zero-order valence-corrected chi connectivity index (χ0v) is 13.4. The molecule has 0 spiro atoms. The summed E-state index contributed by atoms with van der Waals surface area (Å²) in [6.45, 7) is 5.59. The molecular formula is C16H27NO4. The van der Waals surface area contributed by atoms with Gasteiger partial charge in [-0.3, -0.25) is 0 Å². The number of aliphatic hydroxyl groups is 1. The topological polar surface area (TPSA) is 60.0 Å². The van der Waals surface area contributed by atoms with E-state index in [2.05, 4.69) is 5.32 Å². The third-order valence-corrected chi connectivity index (χ3v) is 3.06. The van der Waals surface area contributed by atoms with Crippen molar-refractivity contribution in [1.82, 2.24) is 5.32 Å². The van der Waals surface area contributed by atoms with Gasteiger partial charge >= 0.3 is 0 Å². The molecule has 0 amide bonds. The molecule has 0 bridgehead atoms. The Hall–Kier alpha value is -1.14. The molecule has 2 N–H and O–H groups in total. The zero-order valence-electron chi connectivity index (χ0n) is 13.4. The van der Waals surface area contributed by atoms with Crippen molar-refractivity contribution in [3.05, 3.63) is 29.3 Å². The van der Waals surface area contributed by atoms with Crippen LogP contribution >= 0.6 is 0 Å². The zero-order chi connectivity index (χ0) is 15.7. The minimum Gasteiger partial charge on any atom is -0.490 e. The molecule has 0 aromatic heterocycles. The first-order valence-corrected chi connectivity index (χ1v) is 7.23. The number of aryl methyl sites for hydroxylation is 1. The standard InChI is InChI=1S/C16H27NO4/c1-12-6-5-7-14(8-17-3)16(12)21-11-15(18)10-20-13(2)9-19-4/h5-7,13,15,17-18H,8-11H2,1-4H3. The van der Waals surface area contributed by atoms with E-state index in [1.807, 2.05) is 39.1 Å². The molecule has 0 radical (unpaired) electrons. The number of ether oxygens (including phenoxy) is 3. The number of para-hydroxylation sites is 1. The van der Waals surface area contributed by atoms with Crippen molar-refractivity contribution < 1.29 is 19.3 Å². The van der Waals surface area contributed by atoms with E-state index in [0.29, 0.717) is 6.61 Å². The molecule has 0 aliphatic carbocycles. The number of nitrogens with one attached hydrogen (secondary N) is 1. The van der Waals surface area contributed by atoms with Crippen LogP contribution in [0.5, 0.6) is 5.75 Å². The summed E-state index contributed by atoms with van der Waals surface area (Å²) in [7, 11) is 3.52. The molecular weight excluding hydrogens is 270 g/mol. The Labute approximate surface area is 127 Å². The van der Waals surface area contributed by atoms with E-state index in [0.717, 1.165) is 23.4 Å². The normalized spacial score (nSPS) is 14.0. The Bertz CT molecular complexity index is 411. The highest BCUT2D eigenvalue weighted by Crippen LogP contribution is 2.23. The molecule has 21 heavy (non-hydrogen) atoms. The average molecular weight is 297 g/mol. The number of hydrogen-bond donors (Lipinski definition) is 2. The lowest BCUT2D eigenvalue weighted by Gasteiger charge is -2.18. The van der Waals surface area contributed by atoms with Gasteiger partial charge in [-0.2, -0.15) is 0 Å². The molecule has 0 fully saturated rings. The fourth-order valence-corrected chi connectivity index (χ4v) is 2.04. The van der Waals surface area contributed by atoms with Crippen molar-refractivity contribution >= 4 is 0 Å². The van der Waals surface area contributed by atoms with E-state index in [-0.39, 0.29) is 19.3 Å². The molecule has 0 aliphatic rings. The van der Waals surface area contributed by atoms with Gasteiger partial charge in [0.15, 0.2) is 0 Å². The summed E-state index contributed by atoms with van der Waals surface area (Å²) in [5, 5.41) is 13.0. The lowest BCUT2D eigenvalue weighted by Crippen LogP contribution is -2.27. The van der Waals surface area contributed by atoms with Crippen molar-refractivity contribution in [2.45, 2.75) is 32.6 Å². The fraction of sp³-hybridized carbons (Fsp3) is 0.625. The van der Waals surface area contributed by atoms with Gasteiger partial charge in [-0.1, -0.05) is 18.2 Å². The van der Waals surface area contributed by atoms with Crippen LogP contribution in [0.15, 0.2) is 18.2 Å². The summed E-state index contributed by atoms with van der Waals surface area (Å²) in [4.78, 5) is 0. The molecule has 120 valence electrons. The average Bonchev–Trinajstić information content (AvgIpc) is 2.45. The number of benzene rings is 1. The highest BCUT2D eigenvalue weighted by atomic mass is 16.5. The minimum absolute atomic E-state index is 0.0389. The number of rotatable bonds is 10. The summed E-state index contributed by atoms with van der Waals surface area (Å²) in [6, 6.07) is 6.02. The Balaban J connectivity index is 2.47. The van der Waals surface area contributed by atoms with E-state index in [4.69, 9.17) is 14.2 Å². The van der Waals surface area contributed by atoms with Crippen molar-refractivity contribution in [3.63, 3.8) is 0 Å². The molecule has 2 unspecified atom stereocenters. The van der Waals surface area contributed by atoms with Gasteiger partial charge in [0, 0.05) is 19.2 Å². The van der Waals surface area contributed by atoms with Gasteiger partial charge in [-0.05, 0) is 26.5 Å². The summed E-state index contributed by atoms with van der Waals surface area (Å²) in [5.74, 6) is 0.829. The van der Waals surface area contributed by atoms with Gasteiger partial charge in [0.1, 0.15) is 18.5 Å². The molecule has 0 aliphatic heterocycles. The quantitative estimate of drug-likeness (QED) is 0.685. The first-order chi connectivity index (χ1) is 10.1. The number of aliphatic hydroxyl groups excluding tert-OH is 1. The maximum atomic E-state index is 9.93. The first-order valence-electron chi connectivity index (χ1n) is 7.23. The van der Waals surface area contributed by atoms with Crippen LogP contribution in [0.25, 0.3) is 0 Å². The molecule has 5 heteroatoms. The number of methoxy groups -OCH3 is 1. The minimum atomic E-state index is -0.661. The lowest BCUT2D eigenvalue weighted by atomic mass is 10.1. The summed E-state index contributed by atoms with van der Waals surface area (Å²) in [5.41, 5.74) is 2.14. The molecule has 5 nitrogen and oxygen atoms in total. The second kappa shape index (κ2) is 9.73. The van der Waals surface area contributed by atoms with Gasteiger partial charge in [0.25, 0.3) is 0 Å². The van der Waals surface area contributed by atoms with E-state index in [1.54, 1.807) is 7.11 Å². The molecule has 0 heterocycles. The van der Waals surface area contributed by atoms with Crippen LogP contribution < -0.4 is 10.1 Å². The van der Waals surface area contributed by atoms with Crippen LogP contribution in [0.2, 0.25) is 0 Å². The predicted molar refractivity (Wildman–Crippen MR) is 82.7 cm³/mol. The molecule has 1 aromatic rings. The second-order valence-corrected chi connectivity index (χ2v) is 5.16. The Morgan fingerprint density at radius 2 is 2.00 bits per heavy atom. The van der Waals surface area contributed by atoms with Crippen LogP contribution in [0, 0.1) is 6.92 Å². The highest BCUT2D eigenvalue weighted by molar-refractivity contribution is 5.40. The summed E-state index contributed by atoms with van der Waals surface area (Å²) < 4.78 is 16.2. The van der Waals surface area contributed by atoms with Gasteiger partial charge in [-0.25, -0.2) is 0 Å². The van der Waals surface area contributed by atoms with Crippen molar-refractivity contribution in [3.8, 4) is 5.75 Å². The Morgan fingerprint density at radius 1 is 1.24 bits per heavy atom. The largest absolute Gasteiger partial charge is 0.490 e. The Morgan fingerprint density at radius 3 is 2.67 bits per heavy atom. The molecule has 0 saturated carbocycles. The van der Waals surface area contributed by atoms with Gasteiger partial charge in [0.05, 0.1) is 19.3 Å². The third-order valence-electron chi connectivity index (χ3n) is 3.06. The van der Waals surface area contributed by atoms with Crippen LogP contribution in [0.3, 0.4) is 0 Å². The smallest absolute Gasteiger partial charge is 0.126 e. The third kappa shape index (κ3) is 6.44. The lowest BCUT2D eigenvalue weighted by molar-refractivity contribution is -0.0424. The summed E-state index contributed by atoms with van der Waals surface area (Å²) in [6.07, 6.45) is -0.700. The second-order valence-electron chi connectivity index (χ2n) is 5.16. The van der Waals surface area contributed by atoms with Crippen LogP contribution in [0.4, 0.5) is 0 Å². The van der Waals surface area contributed by atoms with Gasteiger partial charge in [-0.15, -0.1) is 0 Å². The maximum absolute atomic E-state index is 9.93. The Kier molecular flexibility index (Phi) is 8.30. The SMILES string of the molecule is CNCc1cccc(C)c1OCC(O)COC(C)COC. The highest BCUT2D eigenvalue weighted by Gasteiger charge is 2.12. The van der Waals surface area contributed by atoms with Crippen molar-refractivity contribution in [2.24, 2.45) is 0 Å². The summed E-state index contributed by atoms with van der Waals surface area (Å²) >= 11 is 0. The molecule has 0 saturated heterocycles. The fourth-order valence-electron chi connectivity index (χ4n) is 2.04. The van der Waals surface area contributed by atoms with E-state index in [1.165, 1.54) is 0 Å². The molecule has 1 aromatic carbocycles. The molecule has 2 atom stereocenters. The van der Waals surface area contributed by atoms with Crippen LogP contribution in [-0.4, -0.2) is 51.3 Å². The van der Waals surface area contributed by atoms with Crippen molar-refractivity contribution in [2.75, 3.05) is 34.0 Å². The van der Waals surface area contributed by atoms with Gasteiger partial charge in [0.2, 0.25) is 0 Å². The van der Waals surface area contributed by atoms with Gasteiger partial charge < -0.3 is 24.6 Å². The van der Waals surface area contributed by atoms with Crippen LogP contribution in [-0.2, 0) is 16.0 Å². The van der Waals surface area contributed by atoms with E-state index in [9.17, 15) is 5.11 Å². The van der Waals surface area contributed by atoms with E-state index < -0.39 is 6.10 Å². The van der Waals surface area contributed by atoms with Crippen LogP contribution in [0.1, 0.15) is 18.1 Å². The first kappa shape index (κ1) is 17.9. The van der Waals surface area contributed by atoms with Crippen molar-refractivity contribution in [1.29, 1.82) is 0 Å². The monoisotopic (exact) mass is 297 g/mol. The predicted octanol–water partition coefficient (Wildman–Crippen LogP) is 1.51. The van der Waals surface area contributed by atoms with E-state index >= 15 is 0 Å².